The largest absolute Gasteiger partial charge is 0.494 e. The summed E-state index contributed by atoms with van der Waals surface area (Å²) in [4.78, 5) is 0. The Hall–Kier alpha value is -1.42. The van der Waals surface area contributed by atoms with Crippen LogP contribution in [-0.2, 0) is 11.3 Å². The Morgan fingerprint density at radius 3 is 2.81 bits per heavy atom. The van der Waals surface area contributed by atoms with Crippen molar-refractivity contribution in [2.75, 3.05) is 0 Å². The predicted octanol–water partition coefficient (Wildman–Crippen LogP) is 3.39. The molecule has 2 fully saturated rings. The van der Waals surface area contributed by atoms with Gasteiger partial charge in [-0.05, 0) is 12.8 Å². The van der Waals surface area contributed by atoms with Crippen molar-refractivity contribution in [3.05, 3.63) is 23.8 Å². The lowest BCUT2D eigenvalue weighted by molar-refractivity contribution is 0.211. The van der Waals surface area contributed by atoms with Crippen LogP contribution < -0.4 is 0 Å². The first-order chi connectivity index (χ1) is 10.2. The van der Waals surface area contributed by atoms with Crippen LogP contribution in [0.4, 0.5) is 0 Å². The third kappa shape index (κ3) is 1.49. The van der Waals surface area contributed by atoms with Crippen molar-refractivity contribution in [1.29, 1.82) is 0 Å². The molecule has 2 heterocycles. The first-order valence-electron chi connectivity index (χ1n) is 8.08. The minimum absolute atomic E-state index is 0.0445. The Morgan fingerprint density at radius 1 is 1.33 bits per heavy atom. The molecule has 21 heavy (non-hydrogen) atoms. The molecule has 2 N–H and O–H groups in total. The summed E-state index contributed by atoms with van der Waals surface area (Å²) in [7, 11) is 0. The molecule has 1 saturated heterocycles. The summed E-state index contributed by atoms with van der Waals surface area (Å²) in [5, 5.41) is 20.9. The summed E-state index contributed by atoms with van der Waals surface area (Å²) in [5.41, 5.74) is 1.84. The van der Waals surface area contributed by atoms with Gasteiger partial charge in [0.2, 0.25) is 0 Å². The zero-order valence-corrected chi connectivity index (χ0v) is 12.5. The van der Waals surface area contributed by atoms with Crippen LogP contribution in [0.1, 0.15) is 62.0 Å². The molecule has 1 saturated carbocycles. The molecule has 0 spiro atoms. The average Bonchev–Trinajstić information content (AvgIpc) is 2.86. The lowest BCUT2D eigenvalue weighted by Gasteiger charge is -2.19. The van der Waals surface area contributed by atoms with Gasteiger partial charge in [-0.25, -0.2) is 0 Å². The van der Waals surface area contributed by atoms with Crippen LogP contribution in [0, 0.1) is 0 Å². The molecule has 2 bridgehead atoms. The van der Waals surface area contributed by atoms with E-state index in [1.54, 1.807) is 10.6 Å². The first kappa shape index (κ1) is 13.3. The van der Waals surface area contributed by atoms with Crippen LogP contribution >= 0.6 is 0 Å². The normalized spacial score (nSPS) is 34.8. The zero-order chi connectivity index (χ0) is 14.8. The van der Waals surface area contributed by atoms with Gasteiger partial charge in [0.1, 0.15) is 5.60 Å². The fourth-order valence-corrected chi connectivity index (χ4v) is 4.78. The predicted molar refractivity (Wildman–Crippen MR) is 79.8 cm³/mol. The molecule has 1 aliphatic heterocycles. The van der Waals surface area contributed by atoms with Crippen LogP contribution in [0.3, 0.4) is 0 Å². The zero-order valence-electron chi connectivity index (χ0n) is 12.5. The quantitative estimate of drug-likeness (QED) is 0.479. The second kappa shape index (κ2) is 4.29. The molecular formula is C17H23NO3. The highest BCUT2D eigenvalue weighted by Crippen LogP contribution is 2.73. The van der Waals surface area contributed by atoms with Gasteiger partial charge in [-0.15, -0.1) is 6.58 Å². The van der Waals surface area contributed by atoms with Gasteiger partial charge in [0.15, 0.2) is 11.8 Å². The van der Waals surface area contributed by atoms with E-state index in [0.717, 1.165) is 24.0 Å². The summed E-state index contributed by atoms with van der Waals surface area (Å²) in [6.07, 6.45) is 7.70. The third-order valence-electron chi connectivity index (χ3n) is 5.70. The van der Waals surface area contributed by atoms with E-state index >= 15 is 0 Å². The second-order valence-corrected chi connectivity index (χ2v) is 6.72. The Morgan fingerprint density at radius 2 is 2.10 bits per heavy atom. The van der Waals surface area contributed by atoms with E-state index < -0.39 is 0 Å². The van der Waals surface area contributed by atoms with E-state index in [2.05, 4.69) is 13.5 Å². The number of hydrogen-bond donors (Lipinski definition) is 2. The van der Waals surface area contributed by atoms with Crippen molar-refractivity contribution >= 4 is 0 Å². The number of ether oxygens (including phenoxy) is 1. The molecule has 4 unspecified atom stereocenters. The van der Waals surface area contributed by atoms with Crippen LogP contribution in [0.2, 0.25) is 0 Å². The van der Waals surface area contributed by atoms with E-state index in [0.29, 0.717) is 6.54 Å². The lowest BCUT2D eigenvalue weighted by Crippen LogP contribution is -2.22. The molecule has 2 aliphatic carbocycles. The van der Waals surface area contributed by atoms with Crippen molar-refractivity contribution in [2.45, 2.75) is 69.1 Å². The summed E-state index contributed by atoms with van der Waals surface area (Å²) in [6.45, 7) is 6.35. The molecule has 1 aromatic heterocycles. The van der Waals surface area contributed by atoms with E-state index in [-0.39, 0.29) is 35.3 Å². The number of epoxide rings is 1. The monoisotopic (exact) mass is 289 g/mol. The number of aromatic nitrogens is 1. The Kier molecular flexibility index (Phi) is 2.71. The number of fused-ring (bicyclic) bond motifs is 8. The van der Waals surface area contributed by atoms with Crippen LogP contribution in [0.5, 0.6) is 11.8 Å². The average molecular weight is 289 g/mol. The van der Waals surface area contributed by atoms with Gasteiger partial charge in [-0.3, -0.25) is 4.57 Å². The van der Waals surface area contributed by atoms with E-state index in [1.807, 2.05) is 0 Å². The standard InChI is InChI=1S/C17H23NO3/c1-3-5-6-7-17-11-9-10(14(17)21-17)12-13(11)16(20)18(8-4-2)15(12)19/h4,10-11,14,19-20H,2-3,5-9H2,1H3. The van der Waals surface area contributed by atoms with Crippen molar-refractivity contribution in [2.24, 2.45) is 0 Å². The molecule has 0 aromatic carbocycles. The molecule has 4 rings (SSSR count). The van der Waals surface area contributed by atoms with Crippen molar-refractivity contribution in [3.8, 4) is 11.8 Å². The van der Waals surface area contributed by atoms with Crippen LogP contribution in [0.25, 0.3) is 0 Å². The molecule has 4 atom stereocenters. The smallest absolute Gasteiger partial charge is 0.198 e. The molecule has 0 amide bonds. The highest BCUT2D eigenvalue weighted by molar-refractivity contribution is 5.60. The Labute approximate surface area is 125 Å². The van der Waals surface area contributed by atoms with Gasteiger partial charge in [0.25, 0.3) is 0 Å². The first-order valence-corrected chi connectivity index (χ1v) is 8.08. The summed E-state index contributed by atoms with van der Waals surface area (Å²) in [6, 6.07) is 0. The van der Waals surface area contributed by atoms with Crippen LogP contribution in [0.15, 0.2) is 12.7 Å². The topological polar surface area (TPSA) is 57.9 Å². The highest BCUT2D eigenvalue weighted by atomic mass is 16.6. The summed E-state index contributed by atoms with van der Waals surface area (Å²) >= 11 is 0. The fraction of sp³-hybridized carbons (Fsp3) is 0.647. The lowest BCUT2D eigenvalue weighted by atomic mass is 9.82. The van der Waals surface area contributed by atoms with Gasteiger partial charge in [0.05, 0.1) is 6.10 Å². The fourth-order valence-electron chi connectivity index (χ4n) is 4.78. The molecular weight excluding hydrogens is 266 g/mol. The molecule has 4 nitrogen and oxygen atoms in total. The Bertz CT molecular complexity index is 606. The van der Waals surface area contributed by atoms with E-state index in [9.17, 15) is 10.2 Å². The maximum atomic E-state index is 10.5. The highest BCUT2D eigenvalue weighted by Gasteiger charge is 2.74. The van der Waals surface area contributed by atoms with Gasteiger partial charge >= 0.3 is 0 Å². The number of rotatable bonds is 6. The van der Waals surface area contributed by atoms with Crippen molar-refractivity contribution in [1.82, 2.24) is 4.57 Å². The number of hydrogen-bond acceptors (Lipinski definition) is 3. The number of unbranched alkanes of at least 4 members (excludes halogenated alkanes) is 2. The van der Waals surface area contributed by atoms with Crippen LogP contribution in [-0.4, -0.2) is 26.5 Å². The van der Waals surface area contributed by atoms with Gasteiger partial charge in [-0.1, -0.05) is 32.3 Å². The van der Waals surface area contributed by atoms with E-state index in [4.69, 9.17) is 4.74 Å². The maximum absolute atomic E-state index is 10.5. The summed E-state index contributed by atoms with van der Waals surface area (Å²) in [5.74, 6) is 0.964. The number of allylic oxidation sites excluding steroid dienone is 1. The third-order valence-corrected chi connectivity index (χ3v) is 5.70. The SMILES string of the molecule is C=CCn1c(O)c2c(c1O)C1CC2C2OC12CCCCC. The van der Waals surface area contributed by atoms with Gasteiger partial charge in [-0.2, -0.15) is 0 Å². The summed E-state index contributed by atoms with van der Waals surface area (Å²) < 4.78 is 7.64. The second-order valence-electron chi connectivity index (χ2n) is 6.72. The molecule has 114 valence electrons. The van der Waals surface area contributed by atoms with Crippen molar-refractivity contribution in [3.63, 3.8) is 0 Å². The minimum atomic E-state index is -0.0445. The van der Waals surface area contributed by atoms with Gasteiger partial charge < -0.3 is 14.9 Å². The maximum Gasteiger partial charge on any atom is 0.198 e. The molecule has 1 aromatic rings. The minimum Gasteiger partial charge on any atom is -0.494 e. The molecule has 3 aliphatic rings. The van der Waals surface area contributed by atoms with Crippen molar-refractivity contribution < 1.29 is 14.9 Å². The molecule has 4 heteroatoms. The number of aromatic hydroxyl groups is 2. The van der Waals surface area contributed by atoms with E-state index in [1.165, 1.54) is 19.3 Å². The van der Waals surface area contributed by atoms with Gasteiger partial charge in [0, 0.05) is 29.5 Å². The molecule has 0 radical (unpaired) electrons. The number of nitrogens with zero attached hydrogens (tertiary/aromatic N) is 1. The Balaban J connectivity index is 1.68.